The van der Waals surface area contributed by atoms with Crippen molar-refractivity contribution in [2.75, 3.05) is 13.7 Å². The lowest BCUT2D eigenvalue weighted by Crippen LogP contribution is -2.14. The molecule has 0 atom stereocenters. The van der Waals surface area contributed by atoms with Crippen LogP contribution in [0.15, 0.2) is 12.1 Å². The number of aliphatic hydroxyl groups excluding tert-OH is 1. The quantitative estimate of drug-likeness (QED) is 0.833. The van der Waals surface area contributed by atoms with Gasteiger partial charge in [0.25, 0.3) is 0 Å². The van der Waals surface area contributed by atoms with Crippen LogP contribution >= 0.6 is 0 Å². The van der Waals surface area contributed by atoms with E-state index in [1.807, 2.05) is 0 Å². The van der Waals surface area contributed by atoms with Crippen molar-refractivity contribution in [1.29, 1.82) is 0 Å². The zero-order chi connectivity index (χ0) is 11.1. The maximum absolute atomic E-state index is 13.1. The van der Waals surface area contributed by atoms with Gasteiger partial charge in [-0.2, -0.15) is 0 Å². The third kappa shape index (κ3) is 1.59. The predicted octanol–water partition coefficient (Wildman–Crippen LogP) is 2.00. The van der Waals surface area contributed by atoms with Crippen LogP contribution in [0.5, 0.6) is 5.75 Å². The lowest BCUT2D eigenvalue weighted by molar-refractivity contribution is 0.251. The van der Waals surface area contributed by atoms with Crippen molar-refractivity contribution in [3.8, 4) is 5.75 Å². The maximum atomic E-state index is 13.1. The first-order valence-electron chi connectivity index (χ1n) is 4.77. The summed E-state index contributed by atoms with van der Waals surface area (Å²) in [4.78, 5) is 0. The standard InChI is InChI=1S/C11H12F2O2/c1-15-10-5-9(13)8(12)4-7(10)11(6-14)2-3-11/h4-5,14H,2-3,6H2,1H3. The second kappa shape index (κ2) is 3.45. The van der Waals surface area contributed by atoms with E-state index in [-0.39, 0.29) is 6.61 Å². The minimum atomic E-state index is -0.927. The highest BCUT2D eigenvalue weighted by Gasteiger charge is 2.46. The van der Waals surface area contributed by atoms with Gasteiger partial charge in [0.05, 0.1) is 13.7 Å². The van der Waals surface area contributed by atoms with Gasteiger partial charge in [-0.05, 0) is 18.9 Å². The highest BCUT2D eigenvalue weighted by atomic mass is 19.2. The average Bonchev–Trinajstić information content (AvgIpc) is 3.02. The Morgan fingerprint density at radius 3 is 2.40 bits per heavy atom. The van der Waals surface area contributed by atoms with Gasteiger partial charge in [-0.1, -0.05) is 0 Å². The van der Waals surface area contributed by atoms with Crippen LogP contribution in [0, 0.1) is 11.6 Å². The Labute approximate surface area is 86.5 Å². The van der Waals surface area contributed by atoms with Gasteiger partial charge < -0.3 is 9.84 Å². The summed E-state index contributed by atoms with van der Waals surface area (Å²) >= 11 is 0. The van der Waals surface area contributed by atoms with Crippen molar-refractivity contribution >= 4 is 0 Å². The van der Waals surface area contributed by atoms with Gasteiger partial charge >= 0.3 is 0 Å². The fraction of sp³-hybridized carbons (Fsp3) is 0.455. The Balaban J connectivity index is 2.50. The Morgan fingerprint density at radius 1 is 1.33 bits per heavy atom. The molecule has 0 spiro atoms. The largest absolute Gasteiger partial charge is 0.496 e. The summed E-state index contributed by atoms with van der Waals surface area (Å²) in [6, 6.07) is 2.15. The third-order valence-corrected chi connectivity index (χ3v) is 2.97. The van der Waals surface area contributed by atoms with Crippen LogP contribution in [0.25, 0.3) is 0 Å². The van der Waals surface area contributed by atoms with Crippen LogP contribution < -0.4 is 4.74 Å². The first kappa shape index (κ1) is 10.4. The molecule has 1 aromatic carbocycles. The third-order valence-electron chi connectivity index (χ3n) is 2.97. The molecule has 0 aliphatic heterocycles. The van der Waals surface area contributed by atoms with Crippen LogP contribution in [0.3, 0.4) is 0 Å². The van der Waals surface area contributed by atoms with E-state index in [1.54, 1.807) is 0 Å². The molecule has 0 amide bonds. The molecule has 1 saturated carbocycles. The highest BCUT2D eigenvalue weighted by molar-refractivity contribution is 5.44. The summed E-state index contributed by atoms with van der Waals surface area (Å²) in [6.45, 7) is -0.0611. The molecule has 2 nitrogen and oxygen atoms in total. The van der Waals surface area contributed by atoms with Gasteiger partial charge in [0.15, 0.2) is 11.6 Å². The zero-order valence-electron chi connectivity index (χ0n) is 8.39. The minimum Gasteiger partial charge on any atom is -0.496 e. The molecule has 0 aromatic heterocycles. The maximum Gasteiger partial charge on any atom is 0.162 e. The molecule has 82 valence electrons. The van der Waals surface area contributed by atoms with Crippen molar-refractivity contribution in [3.63, 3.8) is 0 Å². The van der Waals surface area contributed by atoms with E-state index in [4.69, 9.17) is 4.74 Å². The number of methoxy groups -OCH3 is 1. The first-order chi connectivity index (χ1) is 7.13. The molecule has 0 heterocycles. The van der Waals surface area contributed by atoms with Crippen molar-refractivity contribution < 1.29 is 18.6 Å². The molecule has 1 aliphatic rings. The first-order valence-corrected chi connectivity index (χ1v) is 4.77. The summed E-state index contributed by atoms with van der Waals surface area (Å²) in [5, 5.41) is 9.22. The van der Waals surface area contributed by atoms with E-state index in [0.29, 0.717) is 11.3 Å². The van der Waals surface area contributed by atoms with E-state index in [1.165, 1.54) is 7.11 Å². The number of halogens is 2. The van der Waals surface area contributed by atoms with Crippen LogP contribution in [0.4, 0.5) is 8.78 Å². The van der Waals surface area contributed by atoms with Gasteiger partial charge in [-0.25, -0.2) is 8.78 Å². The van der Waals surface area contributed by atoms with E-state index < -0.39 is 17.0 Å². The van der Waals surface area contributed by atoms with Gasteiger partial charge in [-0.3, -0.25) is 0 Å². The molecule has 0 radical (unpaired) electrons. The summed E-state index contributed by atoms with van der Waals surface area (Å²) in [6.07, 6.45) is 1.57. The number of hydrogen-bond acceptors (Lipinski definition) is 2. The summed E-state index contributed by atoms with van der Waals surface area (Å²) in [7, 11) is 1.41. The molecule has 0 unspecified atom stereocenters. The van der Waals surface area contributed by atoms with E-state index in [0.717, 1.165) is 25.0 Å². The summed E-state index contributed by atoms with van der Waals surface area (Å²) in [5.74, 6) is -1.52. The molecule has 2 rings (SSSR count). The number of aliphatic hydroxyl groups is 1. The van der Waals surface area contributed by atoms with Gasteiger partial charge in [0, 0.05) is 17.0 Å². The Kier molecular flexibility index (Phi) is 2.38. The smallest absolute Gasteiger partial charge is 0.162 e. The molecule has 4 heteroatoms. The molecule has 15 heavy (non-hydrogen) atoms. The lowest BCUT2D eigenvalue weighted by atomic mass is 9.95. The molecular weight excluding hydrogens is 202 g/mol. The van der Waals surface area contributed by atoms with E-state index in [9.17, 15) is 13.9 Å². The van der Waals surface area contributed by atoms with E-state index >= 15 is 0 Å². The molecule has 1 aromatic rings. The van der Waals surface area contributed by atoms with Crippen LogP contribution in [-0.4, -0.2) is 18.8 Å². The second-order valence-electron chi connectivity index (χ2n) is 3.91. The Bertz CT molecular complexity index is 386. The Morgan fingerprint density at radius 2 is 1.93 bits per heavy atom. The summed E-state index contributed by atoms with van der Waals surface area (Å²) in [5.41, 5.74) is 0.145. The normalized spacial score (nSPS) is 17.6. The number of rotatable bonds is 3. The van der Waals surface area contributed by atoms with Crippen LogP contribution in [0.1, 0.15) is 18.4 Å². The average molecular weight is 214 g/mol. The van der Waals surface area contributed by atoms with Gasteiger partial charge in [0.1, 0.15) is 5.75 Å². The SMILES string of the molecule is COc1cc(F)c(F)cc1C1(CO)CC1. The number of ether oxygens (including phenoxy) is 1. The number of benzene rings is 1. The fourth-order valence-corrected chi connectivity index (χ4v) is 1.78. The summed E-state index contributed by atoms with van der Waals surface area (Å²) < 4.78 is 31.0. The zero-order valence-corrected chi connectivity index (χ0v) is 8.39. The van der Waals surface area contributed by atoms with Crippen molar-refractivity contribution in [3.05, 3.63) is 29.3 Å². The monoisotopic (exact) mass is 214 g/mol. The van der Waals surface area contributed by atoms with Crippen molar-refractivity contribution in [1.82, 2.24) is 0 Å². The molecule has 0 saturated heterocycles. The topological polar surface area (TPSA) is 29.5 Å². The van der Waals surface area contributed by atoms with Gasteiger partial charge in [-0.15, -0.1) is 0 Å². The molecule has 1 fully saturated rings. The molecule has 0 bridgehead atoms. The molecule has 1 aliphatic carbocycles. The number of hydrogen-bond donors (Lipinski definition) is 1. The highest BCUT2D eigenvalue weighted by Crippen LogP contribution is 2.51. The fourth-order valence-electron chi connectivity index (χ4n) is 1.78. The Hall–Kier alpha value is -1.16. The lowest BCUT2D eigenvalue weighted by Gasteiger charge is -2.16. The molecular formula is C11H12F2O2. The minimum absolute atomic E-state index is 0.0611. The van der Waals surface area contributed by atoms with Crippen LogP contribution in [-0.2, 0) is 5.41 Å². The van der Waals surface area contributed by atoms with Crippen LogP contribution in [0.2, 0.25) is 0 Å². The van der Waals surface area contributed by atoms with Crippen molar-refractivity contribution in [2.24, 2.45) is 0 Å². The van der Waals surface area contributed by atoms with E-state index in [2.05, 4.69) is 0 Å². The predicted molar refractivity (Wildman–Crippen MR) is 50.9 cm³/mol. The molecule has 1 N–H and O–H groups in total. The van der Waals surface area contributed by atoms with Crippen molar-refractivity contribution in [2.45, 2.75) is 18.3 Å². The van der Waals surface area contributed by atoms with Gasteiger partial charge in [0.2, 0.25) is 0 Å². The second-order valence-corrected chi connectivity index (χ2v) is 3.91.